The van der Waals surface area contributed by atoms with Gasteiger partial charge in [0.25, 0.3) is 0 Å². The maximum Gasteiger partial charge on any atom is 0.407 e. The van der Waals surface area contributed by atoms with Crippen molar-refractivity contribution in [3.63, 3.8) is 0 Å². The van der Waals surface area contributed by atoms with Crippen LogP contribution in [-0.2, 0) is 14.3 Å². The summed E-state index contributed by atoms with van der Waals surface area (Å²) in [6.07, 6.45) is -1.46. The summed E-state index contributed by atoms with van der Waals surface area (Å²) in [7, 11) is 0. The number of hydrogen-bond acceptors (Lipinski definition) is 4. The molecule has 1 amide bonds. The maximum atomic E-state index is 12.9. The summed E-state index contributed by atoms with van der Waals surface area (Å²) in [5, 5.41) is 2.64. The number of ketones is 1. The first-order chi connectivity index (χ1) is 9.90. The molecule has 0 aromatic heterocycles. The van der Waals surface area contributed by atoms with Gasteiger partial charge in [0.2, 0.25) is 5.92 Å². The molecule has 2 atom stereocenters. The van der Waals surface area contributed by atoms with Crippen molar-refractivity contribution in [2.24, 2.45) is 5.92 Å². The summed E-state index contributed by atoms with van der Waals surface area (Å²) in [5.74, 6) is -3.61. The van der Waals surface area contributed by atoms with E-state index >= 15 is 0 Å². The van der Waals surface area contributed by atoms with Crippen molar-refractivity contribution in [2.75, 3.05) is 6.61 Å². The van der Waals surface area contributed by atoms with Gasteiger partial charge in [0.05, 0.1) is 12.6 Å². The van der Waals surface area contributed by atoms with Crippen LogP contribution in [0.2, 0.25) is 0 Å². The van der Waals surface area contributed by atoms with Crippen LogP contribution < -0.4 is 5.32 Å². The van der Waals surface area contributed by atoms with Crippen LogP contribution in [0.5, 0.6) is 0 Å². The molecule has 5 nitrogen and oxygen atoms in total. The molecule has 7 heteroatoms. The average molecular weight is 319 g/mol. The molecular formula is C15H23F2NO4. The van der Waals surface area contributed by atoms with Crippen LogP contribution in [0.25, 0.3) is 0 Å². The van der Waals surface area contributed by atoms with E-state index in [-0.39, 0.29) is 12.2 Å². The Hall–Kier alpha value is -1.24. The number of carbonyl (C=O) groups is 2. The lowest BCUT2D eigenvalue weighted by atomic mass is 9.76. The van der Waals surface area contributed by atoms with Gasteiger partial charge >= 0.3 is 6.09 Å². The Bertz CT molecular complexity index is 461. The SMILES string of the molecule is CC(C)(C)OC(=O)N[C@@H](CC(=O)C1CC(F)(F)C1)[C@]1(C)CO1. The predicted octanol–water partition coefficient (Wildman–Crippen LogP) is 2.67. The Balaban J connectivity index is 1.91. The molecule has 0 unspecified atom stereocenters. The summed E-state index contributed by atoms with van der Waals surface area (Å²) in [6.45, 7) is 7.40. The smallest absolute Gasteiger partial charge is 0.407 e. The lowest BCUT2D eigenvalue weighted by Crippen LogP contribution is -2.49. The van der Waals surface area contributed by atoms with Crippen LogP contribution >= 0.6 is 0 Å². The summed E-state index contributed by atoms with van der Waals surface area (Å²) in [6, 6.07) is -0.566. The quantitative estimate of drug-likeness (QED) is 0.791. The molecular weight excluding hydrogens is 296 g/mol. The van der Waals surface area contributed by atoms with Gasteiger partial charge in [0.1, 0.15) is 17.0 Å². The fourth-order valence-electron chi connectivity index (χ4n) is 2.44. The fourth-order valence-corrected chi connectivity index (χ4v) is 2.44. The number of alkyl carbamates (subject to hydrolysis) is 1. The minimum Gasteiger partial charge on any atom is -0.444 e. The van der Waals surface area contributed by atoms with Gasteiger partial charge in [0.15, 0.2) is 0 Å². The highest BCUT2D eigenvalue weighted by molar-refractivity contribution is 5.83. The second-order valence-corrected chi connectivity index (χ2v) is 7.43. The number of rotatable bonds is 5. The van der Waals surface area contributed by atoms with Gasteiger partial charge in [-0.25, -0.2) is 13.6 Å². The Morgan fingerprint density at radius 2 is 1.91 bits per heavy atom. The van der Waals surface area contributed by atoms with Gasteiger partial charge in [-0.1, -0.05) is 0 Å². The molecule has 2 rings (SSSR count). The van der Waals surface area contributed by atoms with Crippen molar-refractivity contribution in [3.05, 3.63) is 0 Å². The molecule has 1 N–H and O–H groups in total. The molecule has 0 bridgehead atoms. The average Bonchev–Trinajstić information content (AvgIpc) is 3.01. The van der Waals surface area contributed by atoms with Crippen molar-refractivity contribution in [1.82, 2.24) is 5.32 Å². The highest BCUT2D eigenvalue weighted by Crippen LogP contribution is 2.44. The zero-order chi connectivity index (χ0) is 16.8. The van der Waals surface area contributed by atoms with Crippen molar-refractivity contribution in [1.29, 1.82) is 0 Å². The van der Waals surface area contributed by atoms with Crippen molar-refractivity contribution in [3.8, 4) is 0 Å². The van der Waals surface area contributed by atoms with Crippen LogP contribution in [0.15, 0.2) is 0 Å². The van der Waals surface area contributed by atoms with E-state index in [1.165, 1.54) is 0 Å². The number of epoxide rings is 1. The van der Waals surface area contributed by atoms with E-state index in [9.17, 15) is 18.4 Å². The van der Waals surface area contributed by atoms with E-state index in [0.29, 0.717) is 6.61 Å². The monoisotopic (exact) mass is 319 g/mol. The minimum atomic E-state index is -2.73. The number of halogens is 2. The third kappa shape index (κ3) is 4.38. The van der Waals surface area contributed by atoms with Crippen LogP contribution in [0.3, 0.4) is 0 Å². The van der Waals surface area contributed by atoms with Gasteiger partial charge in [-0.05, 0) is 27.7 Å². The molecule has 2 aliphatic rings. The van der Waals surface area contributed by atoms with E-state index in [4.69, 9.17) is 9.47 Å². The maximum absolute atomic E-state index is 12.9. The number of Topliss-reactive ketones (excluding diaryl/α,β-unsaturated/α-hetero) is 1. The van der Waals surface area contributed by atoms with Crippen molar-refractivity contribution >= 4 is 11.9 Å². The topological polar surface area (TPSA) is 67.9 Å². The molecule has 1 aliphatic heterocycles. The molecule has 1 saturated heterocycles. The third-order valence-electron chi connectivity index (χ3n) is 3.98. The van der Waals surface area contributed by atoms with E-state index in [1.54, 1.807) is 27.7 Å². The first-order valence-corrected chi connectivity index (χ1v) is 7.44. The molecule has 126 valence electrons. The standard InChI is InChI=1S/C15H23F2NO4/c1-13(2,3)22-12(20)18-11(14(4)8-21-14)5-10(19)9-6-15(16,17)7-9/h9,11H,5-8H2,1-4H3,(H,18,20)/t11-,14-/m0/s1. The third-order valence-corrected chi connectivity index (χ3v) is 3.98. The molecule has 2 fully saturated rings. The zero-order valence-electron chi connectivity index (χ0n) is 13.4. The minimum absolute atomic E-state index is 0.0174. The molecule has 0 aromatic rings. The molecule has 1 saturated carbocycles. The number of alkyl halides is 2. The molecule has 0 spiro atoms. The van der Waals surface area contributed by atoms with Crippen LogP contribution in [0.1, 0.15) is 47.0 Å². The summed E-state index contributed by atoms with van der Waals surface area (Å²) in [4.78, 5) is 23.9. The number of carbonyl (C=O) groups excluding carboxylic acids is 2. The van der Waals surface area contributed by atoms with E-state index < -0.39 is 48.0 Å². The highest BCUT2D eigenvalue weighted by atomic mass is 19.3. The number of nitrogens with one attached hydrogen (secondary N) is 1. The van der Waals surface area contributed by atoms with Crippen LogP contribution in [-0.4, -0.2) is 41.6 Å². The van der Waals surface area contributed by atoms with Gasteiger partial charge in [-0.2, -0.15) is 0 Å². The van der Waals surface area contributed by atoms with Crippen LogP contribution in [0, 0.1) is 5.92 Å². The Kier molecular flexibility index (Phi) is 4.23. The molecule has 0 aromatic carbocycles. The van der Waals surface area contributed by atoms with E-state index in [2.05, 4.69) is 5.32 Å². The van der Waals surface area contributed by atoms with E-state index in [1.807, 2.05) is 0 Å². The van der Waals surface area contributed by atoms with Gasteiger partial charge in [-0.3, -0.25) is 4.79 Å². The Morgan fingerprint density at radius 1 is 1.36 bits per heavy atom. The number of ether oxygens (including phenoxy) is 2. The lowest BCUT2D eigenvalue weighted by molar-refractivity contribution is -0.148. The Labute approximate surface area is 128 Å². The molecule has 22 heavy (non-hydrogen) atoms. The van der Waals surface area contributed by atoms with Gasteiger partial charge < -0.3 is 14.8 Å². The summed E-state index contributed by atoms with van der Waals surface area (Å²) in [5.41, 5.74) is -1.28. The molecule has 1 aliphatic carbocycles. The van der Waals surface area contributed by atoms with Crippen molar-refractivity contribution < 1.29 is 27.8 Å². The molecule has 1 heterocycles. The summed E-state index contributed by atoms with van der Waals surface area (Å²) >= 11 is 0. The van der Waals surface area contributed by atoms with E-state index in [0.717, 1.165) is 0 Å². The fraction of sp³-hybridized carbons (Fsp3) is 0.867. The first-order valence-electron chi connectivity index (χ1n) is 7.44. The Morgan fingerprint density at radius 3 is 2.32 bits per heavy atom. The second-order valence-electron chi connectivity index (χ2n) is 7.43. The highest BCUT2D eigenvalue weighted by Gasteiger charge is 2.52. The van der Waals surface area contributed by atoms with Crippen LogP contribution in [0.4, 0.5) is 13.6 Å². The summed E-state index contributed by atoms with van der Waals surface area (Å²) < 4.78 is 36.2. The van der Waals surface area contributed by atoms with Gasteiger partial charge in [0, 0.05) is 25.2 Å². The second kappa shape index (κ2) is 5.44. The number of hydrogen-bond donors (Lipinski definition) is 1. The zero-order valence-corrected chi connectivity index (χ0v) is 13.4. The number of amides is 1. The predicted molar refractivity (Wildman–Crippen MR) is 74.8 cm³/mol. The lowest BCUT2D eigenvalue weighted by Gasteiger charge is -2.35. The van der Waals surface area contributed by atoms with Crippen molar-refractivity contribution in [2.45, 2.75) is 70.1 Å². The normalized spacial score (nSPS) is 28.5. The van der Waals surface area contributed by atoms with Gasteiger partial charge in [-0.15, -0.1) is 0 Å². The largest absolute Gasteiger partial charge is 0.444 e. The molecule has 0 radical (unpaired) electrons. The first kappa shape index (κ1) is 17.1.